The second-order valence-electron chi connectivity index (χ2n) is 7.13. The fourth-order valence-corrected chi connectivity index (χ4v) is 2.86. The van der Waals surface area contributed by atoms with Crippen LogP contribution in [0.5, 0.6) is 0 Å². The predicted octanol–water partition coefficient (Wildman–Crippen LogP) is 3.81. The Kier molecular flexibility index (Phi) is 5.34. The van der Waals surface area contributed by atoms with Crippen LogP contribution in [0.15, 0.2) is 18.2 Å². The summed E-state index contributed by atoms with van der Waals surface area (Å²) in [6, 6.07) is 3.93. The Morgan fingerprint density at radius 2 is 1.96 bits per heavy atom. The van der Waals surface area contributed by atoms with Gasteiger partial charge in [0.25, 0.3) is 0 Å². The SMILES string of the molecule is COC(=O)c1cccc(C2(F)CCCN(C(=O)OC(C)(C)C)C2)c1F. The smallest absolute Gasteiger partial charge is 0.410 e. The van der Waals surface area contributed by atoms with Gasteiger partial charge in [-0.05, 0) is 39.7 Å². The minimum Gasteiger partial charge on any atom is -0.465 e. The van der Waals surface area contributed by atoms with Crippen LogP contribution in [0.2, 0.25) is 0 Å². The second kappa shape index (κ2) is 6.98. The van der Waals surface area contributed by atoms with E-state index in [1.54, 1.807) is 20.8 Å². The molecule has 2 rings (SSSR count). The lowest BCUT2D eigenvalue weighted by Crippen LogP contribution is -2.48. The third-order valence-corrected chi connectivity index (χ3v) is 3.98. The second-order valence-corrected chi connectivity index (χ2v) is 7.13. The molecule has 0 radical (unpaired) electrons. The Morgan fingerprint density at radius 3 is 2.56 bits per heavy atom. The van der Waals surface area contributed by atoms with Gasteiger partial charge in [0.05, 0.1) is 19.2 Å². The van der Waals surface area contributed by atoms with Crippen LogP contribution in [0.4, 0.5) is 13.6 Å². The van der Waals surface area contributed by atoms with Gasteiger partial charge in [-0.25, -0.2) is 18.4 Å². The summed E-state index contributed by atoms with van der Waals surface area (Å²) in [5.74, 6) is -1.83. The number of methoxy groups -OCH3 is 1. The number of halogens is 2. The summed E-state index contributed by atoms with van der Waals surface area (Å²) in [4.78, 5) is 25.1. The number of likely N-dealkylation sites (tertiary alicyclic amines) is 1. The molecule has 0 aromatic heterocycles. The summed E-state index contributed by atoms with van der Waals surface area (Å²) >= 11 is 0. The summed E-state index contributed by atoms with van der Waals surface area (Å²) in [5.41, 5.74) is -3.37. The highest BCUT2D eigenvalue weighted by atomic mass is 19.1. The highest BCUT2D eigenvalue weighted by Gasteiger charge is 2.42. The zero-order valence-corrected chi connectivity index (χ0v) is 14.9. The van der Waals surface area contributed by atoms with Crippen LogP contribution in [0.3, 0.4) is 0 Å². The summed E-state index contributed by atoms with van der Waals surface area (Å²) in [5, 5.41) is 0. The monoisotopic (exact) mass is 355 g/mol. The zero-order chi connectivity index (χ0) is 18.8. The van der Waals surface area contributed by atoms with Gasteiger partial charge in [0, 0.05) is 12.1 Å². The largest absolute Gasteiger partial charge is 0.465 e. The lowest BCUT2D eigenvalue weighted by Gasteiger charge is -2.38. The van der Waals surface area contributed by atoms with Crippen molar-refractivity contribution < 1.29 is 27.8 Å². The lowest BCUT2D eigenvalue weighted by molar-refractivity contribution is -0.00768. The number of benzene rings is 1. The first kappa shape index (κ1) is 19.1. The molecule has 1 aliphatic rings. The molecule has 1 aromatic carbocycles. The van der Waals surface area contributed by atoms with E-state index in [0.29, 0.717) is 13.0 Å². The number of nitrogens with zero attached hydrogens (tertiary/aromatic N) is 1. The van der Waals surface area contributed by atoms with Crippen molar-refractivity contribution in [2.24, 2.45) is 0 Å². The molecule has 5 nitrogen and oxygen atoms in total. The third-order valence-electron chi connectivity index (χ3n) is 3.98. The van der Waals surface area contributed by atoms with Crippen LogP contribution in [-0.2, 0) is 15.1 Å². The van der Waals surface area contributed by atoms with E-state index in [2.05, 4.69) is 4.74 Å². The van der Waals surface area contributed by atoms with Crippen LogP contribution in [-0.4, -0.2) is 42.8 Å². The highest BCUT2D eigenvalue weighted by molar-refractivity contribution is 5.89. The van der Waals surface area contributed by atoms with E-state index in [1.807, 2.05) is 0 Å². The van der Waals surface area contributed by atoms with Gasteiger partial charge in [-0.1, -0.05) is 12.1 Å². The van der Waals surface area contributed by atoms with Crippen LogP contribution >= 0.6 is 0 Å². The number of piperidine rings is 1. The first-order valence-corrected chi connectivity index (χ1v) is 8.11. The Morgan fingerprint density at radius 1 is 1.28 bits per heavy atom. The minimum atomic E-state index is -2.09. The molecular formula is C18H23F2NO4. The van der Waals surface area contributed by atoms with Gasteiger partial charge in [0.15, 0.2) is 5.67 Å². The average molecular weight is 355 g/mol. The summed E-state index contributed by atoms with van der Waals surface area (Å²) in [6.45, 7) is 5.16. The van der Waals surface area contributed by atoms with Crippen LogP contribution < -0.4 is 0 Å². The summed E-state index contributed by atoms with van der Waals surface area (Å²) in [6.07, 6.45) is -0.232. The highest BCUT2D eigenvalue weighted by Crippen LogP contribution is 2.38. The first-order chi connectivity index (χ1) is 11.6. The molecule has 7 heteroatoms. The zero-order valence-electron chi connectivity index (χ0n) is 14.9. The van der Waals surface area contributed by atoms with Crippen LogP contribution in [0, 0.1) is 5.82 Å². The third kappa shape index (κ3) is 4.27. The van der Waals surface area contributed by atoms with Gasteiger partial charge in [-0.2, -0.15) is 0 Å². The van der Waals surface area contributed by atoms with Gasteiger partial charge in [-0.15, -0.1) is 0 Å². The summed E-state index contributed by atoms with van der Waals surface area (Å²) in [7, 11) is 1.13. The van der Waals surface area contributed by atoms with Gasteiger partial charge in [-0.3, -0.25) is 0 Å². The molecule has 0 saturated carbocycles. The van der Waals surface area contributed by atoms with Crippen LogP contribution in [0.1, 0.15) is 49.5 Å². The van der Waals surface area contributed by atoms with E-state index in [9.17, 15) is 14.0 Å². The van der Waals surface area contributed by atoms with Gasteiger partial charge in [0.2, 0.25) is 0 Å². The van der Waals surface area contributed by atoms with Crippen molar-refractivity contribution in [2.75, 3.05) is 20.2 Å². The van der Waals surface area contributed by atoms with E-state index in [1.165, 1.54) is 23.1 Å². The quantitative estimate of drug-likeness (QED) is 0.757. The molecule has 0 N–H and O–H groups in total. The Bertz CT molecular complexity index is 672. The molecule has 138 valence electrons. The van der Waals surface area contributed by atoms with Gasteiger partial charge < -0.3 is 14.4 Å². The molecular weight excluding hydrogens is 332 g/mol. The van der Waals surface area contributed by atoms with Gasteiger partial charge in [0.1, 0.15) is 11.4 Å². The minimum absolute atomic E-state index is 0.0494. The molecule has 0 bridgehead atoms. The summed E-state index contributed by atoms with van der Waals surface area (Å²) < 4.78 is 40.0. The normalized spacial score (nSPS) is 21.0. The van der Waals surface area contributed by atoms with E-state index in [-0.39, 0.29) is 24.1 Å². The van der Waals surface area contributed by atoms with E-state index in [4.69, 9.17) is 4.74 Å². The van der Waals surface area contributed by atoms with Crippen LogP contribution in [0.25, 0.3) is 0 Å². The van der Waals surface area contributed by atoms with E-state index < -0.39 is 29.1 Å². The molecule has 1 aliphatic heterocycles. The maximum Gasteiger partial charge on any atom is 0.410 e. The van der Waals surface area contributed by atoms with Crippen molar-refractivity contribution in [1.82, 2.24) is 4.90 Å². The van der Waals surface area contributed by atoms with Gasteiger partial charge >= 0.3 is 12.1 Å². The Balaban J connectivity index is 2.29. The first-order valence-electron chi connectivity index (χ1n) is 8.11. The number of ether oxygens (including phenoxy) is 2. The molecule has 1 atom stereocenters. The van der Waals surface area contributed by atoms with Crippen molar-refractivity contribution in [3.8, 4) is 0 Å². The molecule has 1 aromatic rings. The predicted molar refractivity (Wildman–Crippen MR) is 87.6 cm³/mol. The van der Waals surface area contributed by atoms with E-state index in [0.717, 1.165) is 7.11 Å². The van der Waals surface area contributed by atoms with Crippen molar-refractivity contribution >= 4 is 12.1 Å². The number of carbonyl (C=O) groups is 2. The number of esters is 1. The molecule has 1 heterocycles. The Hall–Kier alpha value is -2.18. The van der Waals surface area contributed by atoms with E-state index >= 15 is 4.39 Å². The average Bonchev–Trinajstić information content (AvgIpc) is 2.52. The molecule has 1 unspecified atom stereocenters. The maximum absolute atomic E-state index is 15.5. The molecule has 0 spiro atoms. The molecule has 1 fully saturated rings. The van der Waals surface area contributed by atoms with Crippen molar-refractivity contribution in [3.63, 3.8) is 0 Å². The molecule has 1 saturated heterocycles. The van der Waals surface area contributed by atoms with Crippen molar-refractivity contribution in [1.29, 1.82) is 0 Å². The fraction of sp³-hybridized carbons (Fsp3) is 0.556. The van der Waals surface area contributed by atoms with Crippen molar-refractivity contribution in [3.05, 3.63) is 35.1 Å². The number of amides is 1. The molecule has 25 heavy (non-hydrogen) atoms. The number of alkyl halides is 1. The molecule has 1 amide bonds. The lowest BCUT2D eigenvalue weighted by atomic mass is 9.86. The number of carbonyl (C=O) groups excluding carboxylic acids is 2. The number of hydrogen-bond acceptors (Lipinski definition) is 4. The fourth-order valence-electron chi connectivity index (χ4n) is 2.86. The Labute approximate surface area is 145 Å². The standard InChI is InChI=1S/C18H23F2NO4/c1-17(2,3)25-16(23)21-10-6-9-18(20,11-21)13-8-5-7-12(14(13)19)15(22)24-4/h5,7-8H,6,9-11H2,1-4H3. The number of hydrogen-bond donors (Lipinski definition) is 0. The molecule has 0 aliphatic carbocycles. The van der Waals surface area contributed by atoms with Crippen molar-refractivity contribution in [2.45, 2.75) is 44.9 Å². The topological polar surface area (TPSA) is 55.8 Å². The number of rotatable bonds is 2. The maximum atomic E-state index is 15.5.